The third-order valence-electron chi connectivity index (χ3n) is 8.49. The summed E-state index contributed by atoms with van der Waals surface area (Å²) < 4.78 is 32.6. The largest absolute Gasteiger partial charge is 0.480 e. The van der Waals surface area contributed by atoms with Gasteiger partial charge in [0.05, 0.1) is 13.2 Å². The van der Waals surface area contributed by atoms with Crippen LogP contribution in [0.15, 0.2) is 109 Å². The van der Waals surface area contributed by atoms with Crippen molar-refractivity contribution in [1.29, 1.82) is 0 Å². The number of phosphoric ester groups is 1. The van der Waals surface area contributed by atoms with Crippen molar-refractivity contribution in [3.63, 3.8) is 0 Å². The molecule has 0 heterocycles. The number of allylic oxidation sites excluding steroid dienone is 18. The molecule has 11 nitrogen and oxygen atoms in total. The average molecular weight is 858 g/mol. The Hall–Kier alpha value is -3.86. The molecule has 0 aromatic rings. The highest BCUT2D eigenvalue weighted by atomic mass is 31.2. The zero-order valence-electron chi connectivity index (χ0n) is 36.5. The standard InChI is InChI=1S/C48H76NO10P/c1-3-5-7-9-11-13-15-17-19-21-22-24-26-28-30-32-34-36-38-40-47(51)59-44(42-57-60(54,55)58-43-45(49)48(52)53)41-56-46(50)39-37-35-33-31-29-27-25-23-20-18-16-14-12-10-8-6-4-2/h8,10-11,13-14,16-17,19-20,22-24,27-30,34,36,44-45H,3-7,9,12,15,18,21,25-26,31-33,35,37-43,49H2,1-2H3,(H,52,53)(H,54,55)/b10-8+,13-11+,16-14+,19-17+,23-20+,24-22+,29-27+,30-28+,36-34+/t44-,45+/m1/s1. The number of aliphatic carboxylic acids is 1. The van der Waals surface area contributed by atoms with Gasteiger partial charge >= 0.3 is 25.7 Å². The Bertz CT molecular complexity index is 1430. The van der Waals surface area contributed by atoms with E-state index in [0.29, 0.717) is 19.3 Å². The van der Waals surface area contributed by atoms with Gasteiger partial charge in [-0.15, -0.1) is 0 Å². The lowest BCUT2D eigenvalue weighted by Gasteiger charge is -2.20. The molecule has 0 aliphatic heterocycles. The topological polar surface area (TPSA) is 172 Å². The maximum atomic E-state index is 12.6. The van der Waals surface area contributed by atoms with Crippen LogP contribution in [-0.2, 0) is 37.5 Å². The molecule has 0 aromatic carbocycles. The van der Waals surface area contributed by atoms with E-state index in [2.05, 4.69) is 110 Å². The lowest BCUT2D eigenvalue weighted by atomic mass is 10.1. The van der Waals surface area contributed by atoms with E-state index in [9.17, 15) is 23.8 Å². The molecule has 0 bridgehead atoms. The maximum absolute atomic E-state index is 12.6. The fourth-order valence-electron chi connectivity index (χ4n) is 5.04. The third-order valence-corrected chi connectivity index (χ3v) is 9.44. The van der Waals surface area contributed by atoms with E-state index in [-0.39, 0.29) is 12.8 Å². The molecule has 12 heteroatoms. The number of rotatable bonds is 39. The highest BCUT2D eigenvalue weighted by Gasteiger charge is 2.28. The first-order valence-corrected chi connectivity index (χ1v) is 23.4. The van der Waals surface area contributed by atoms with Crippen LogP contribution in [0.25, 0.3) is 0 Å². The van der Waals surface area contributed by atoms with E-state index >= 15 is 0 Å². The van der Waals surface area contributed by atoms with E-state index in [1.807, 2.05) is 18.2 Å². The van der Waals surface area contributed by atoms with Crippen molar-refractivity contribution in [3.05, 3.63) is 109 Å². The fourth-order valence-corrected chi connectivity index (χ4v) is 5.81. The van der Waals surface area contributed by atoms with Crippen LogP contribution in [-0.4, -0.2) is 59.9 Å². The molecule has 0 spiro atoms. The van der Waals surface area contributed by atoms with E-state index in [0.717, 1.165) is 70.6 Å². The second kappa shape index (κ2) is 41.9. The van der Waals surface area contributed by atoms with Crippen molar-refractivity contribution in [2.75, 3.05) is 19.8 Å². The zero-order valence-corrected chi connectivity index (χ0v) is 37.4. The fraction of sp³-hybridized carbons (Fsp3) is 0.562. The van der Waals surface area contributed by atoms with Crippen LogP contribution in [0, 0.1) is 0 Å². The van der Waals surface area contributed by atoms with Crippen LogP contribution in [0.3, 0.4) is 0 Å². The molecule has 0 saturated heterocycles. The Morgan fingerprint density at radius 2 is 0.950 bits per heavy atom. The van der Waals surface area contributed by atoms with E-state index in [4.69, 9.17) is 24.8 Å². The SMILES string of the molecule is CCC/C=C/C/C=C/C/C=C/C/C=C/CCCCCC(=O)OC[C@H](COP(=O)(O)OC[C@H](N)C(=O)O)OC(=O)CC/C=C/C/C=C/C/C=C/C/C=C/C/C=C/CCCCC. The summed E-state index contributed by atoms with van der Waals surface area (Å²) in [7, 11) is -4.75. The summed E-state index contributed by atoms with van der Waals surface area (Å²) in [5.74, 6) is -2.54. The van der Waals surface area contributed by atoms with Gasteiger partial charge in [-0.3, -0.25) is 23.4 Å². The van der Waals surface area contributed by atoms with E-state index < -0.39 is 57.7 Å². The van der Waals surface area contributed by atoms with Crippen LogP contribution < -0.4 is 5.73 Å². The highest BCUT2D eigenvalue weighted by molar-refractivity contribution is 7.47. The molecule has 0 aliphatic rings. The summed E-state index contributed by atoms with van der Waals surface area (Å²) >= 11 is 0. The van der Waals surface area contributed by atoms with Gasteiger partial charge in [0.25, 0.3) is 0 Å². The Labute approximate surface area is 361 Å². The summed E-state index contributed by atoms with van der Waals surface area (Å²) in [6.07, 6.45) is 54.5. The first-order chi connectivity index (χ1) is 29.1. The normalized spacial score (nSPS) is 14.7. The molecule has 0 rings (SSSR count). The maximum Gasteiger partial charge on any atom is 0.472 e. The number of ether oxygens (including phenoxy) is 2. The van der Waals surface area contributed by atoms with Crippen LogP contribution in [0.1, 0.15) is 142 Å². The second-order valence-corrected chi connectivity index (χ2v) is 15.6. The third kappa shape index (κ3) is 40.9. The van der Waals surface area contributed by atoms with Crippen molar-refractivity contribution in [3.8, 4) is 0 Å². The molecule has 0 aromatic heterocycles. The van der Waals surface area contributed by atoms with Crippen molar-refractivity contribution in [2.45, 2.75) is 154 Å². The molecule has 0 saturated carbocycles. The van der Waals surface area contributed by atoms with Crippen molar-refractivity contribution in [2.24, 2.45) is 5.73 Å². The number of nitrogens with two attached hydrogens (primary N) is 1. The van der Waals surface area contributed by atoms with Gasteiger partial charge in [0.15, 0.2) is 6.10 Å². The number of carboxylic acids is 1. The minimum Gasteiger partial charge on any atom is -0.480 e. The Morgan fingerprint density at radius 3 is 1.42 bits per heavy atom. The minimum atomic E-state index is -4.75. The number of hydrogen-bond donors (Lipinski definition) is 3. The van der Waals surface area contributed by atoms with Crippen LogP contribution in [0.4, 0.5) is 0 Å². The van der Waals surface area contributed by atoms with Gasteiger partial charge in [-0.1, -0.05) is 149 Å². The van der Waals surface area contributed by atoms with Gasteiger partial charge in [-0.25, -0.2) is 4.57 Å². The second-order valence-electron chi connectivity index (χ2n) is 14.1. The summed E-state index contributed by atoms with van der Waals surface area (Å²) in [6.45, 7) is 2.57. The number of phosphoric acid groups is 1. The summed E-state index contributed by atoms with van der Waals surface area (Å²) in [5, 5.41) is 8.89. The molecular weight excluding hydrogens is 781 g/mol. The number of hydrogen-bond acceptors (Lipinski definition) is 9. The van der Waals surface area contributed by atoms with Gasteiger partial charge in [-0.05, 0) is 89.9 Å². The van der Waals surface area contributed by atoms with Crippen molar-refractivity contribution in [1.82, 2.24) is 0 Å². The molecular formula is C48H76NO10P. The lowest BCUT2D eigenvalue weighted by Crippen LogP contribution is -2.34. The first kappa shape index (κ1) is 56.1. The summed E-state index contributed by atoms with van der Waals surface area (Å²) in [4.78, 5) is 45.9. The van der Waals surface area contributed by atoms with E-state index in [1.54, 1.807) is 0 Å². The number of carboxylic acid groups (broad SMARTS) is 1. The monoisotopic (exact) mass is 858 g/mol. The van der Waals surface area contributed by atoms with Gasteiger partial charge in [0, 0.05) is 12.8 Å². The minimum absolute atomic E-state index is 0.0235. The molecule has 4 N–H and O–H groups in total. The Kier molecular flexibility index (Phi) is 39.2. The molecule has 0 amide bonds. The number of carbonyl (C=O) groups excluding carboxylic acids is 2. The predicted octanol–water partition coefficient (Wildman–Crippen LogP) is 11.8. The quantitative estimate of drug-likeness (QED) is 0.0232. The van der Waals surface area contributed by atoms with Crippen molar-refractivity contribution < 1.29 is 47.5 Å². The van der Waals surface area contributed by atoms with Crippen LogP contribution >= 0.6 is 7.82 Å². The highest BCUT2D eigenvalue weighted by Crippen LogP contribution is 2.43. The average Bonchev–Trinajstić information content (AvgIpc) is 3.22. The van der Waals surface area contributed by atoms with Gasteiger partial charge in [0.1, 0.15) is 12.6 Å². The summed E-state index contributed by atoms with van der Waals surface area (Å²) in [6, 6.07) is -1.54. The molecule has 3 atom stereocenters. The van der Waals surface area contributed by atoms with E-state index in [1.165, 1.54) is 25.7 Å². The predicted molar refractivity (Wildman–Crippen MR) is 244 cm³/mol. The lowest BCUT2D eigenvalue weighted by molar-refractivity contribution is -0.161. The Balaban J connectivity index is 4.57. The van der Waals surface area contributed by atoms with Crippen LogP contribution in [0.2, 0.25) is 0 Å². The summed E-state index contributed by atoms with van der Waals surface area (Å²) in [5.41, 5.74) is 5.33. The van der Waals surface area contributed by atoms with Crippen LogP contribution in [0.5, 0.6) is 0 Å². The molecule has 0 radical (unpaired) electrons. The van der Waals surface area contributed by atoms with Gasteiger partial charge in [-0.2, -0.15) is 0 Å². The van der Waals surface area contributed by atoms with Gasteiger partial charge in [0.2, 0.25) is 0 Å². The number of unbranched alkanes of at least 4 members (excludes halogenated alkanes) is 7. The Morgan fingerprint density at radius 1 is 0.517 bits per heavy atom. The van der Waals surface area contributed by atoms with Crippen molar-refractivity contribution >= 4 is 25.7 Å². The number of carbonyl (C=O) groups is 3. The molecule has 1 unspecified atom stereocenters. The smallest absolute Gasteiger partial charge is 0.472 e. The molecule has 338 valence electrons. The molecule has 0 fully saturated rings. The first-order valence-electron chi connectivity index (χ1n) is 21.9. The van der Waals surface area contributed by atoms with Gasteiger partial charge < -0.3 is 25.2 Å². The molecule has 0 aliphatic carbocycles. The number of esters is 2. The zero-order chi connectivity index (χ0) is 44.2. The molecule has 60 heavy (non-hydrogen) atoms.